The second-order valence-corrected chi connectivity index (χ2v) is 2.95. The lowest BCUT2D eigenvalue weighted by Gasteiger charge is -1.88. The first-order valence-electron chi connectivity index (χ1n) is 4.04. The third-order valence-electron chi connectivity index (χ3n) is 1.93. The minimum Gasteiger partial charge on any atom is -0.481 e. The maximum absolute atomic E-state index is 10.4. The fourth-order valence-corrected chi connectivity index (χ4v) is 1.39. The van der Waals surface area contributed by atoms with Gasteiger partial charge in [-0.25, -0.2) is 0 Å². The van der Waals surface area contributed by atoms with Gasteiger partial charge in [0.25, 0.3) is 0 Å². The number of aromatic nitrogens is 1. The first-order chi connectivity index (χ1) is 6.25. The Labute approximate surface area is 87.2 Å². The number of nitrogens with one attached hydrogen (secondary N) is 1. The Morgan fingerprint density at radius 3 is 2.71 bits per heavy atom. The highest BCUT2D eigenvalue weighted by molar-refractivity contribution is 5.85. The van der Waals surface area contributed by atoms with E-state index in [1.807, 2.05) is 30.3 Å². The number of aromatic amines is 1. The van der Waals surface area contributed by atoms with Crippen molar-refractivity contribution in [3.05, 3.63) is 36.0 Å². The first-order valence-corrected chi connectivity index (χ1v) is 4.04. The summed E-state index contributed by atoms with van der Waals surface area (Å²) < 4.78 is 0. The summed E-state index contributed by atoms with van der Waals surface area (Å²) in [4.78, 5) is 13.5. The average Bonchev–Trinajstić information content (AvgIpc) is 2.44. The van der Waals surface area contributed by atoms with Gasteiger partial charge in [-0.15, -0.1) is 12.4 Å². The molecule has 0 saturated carbocycles. The lowest BCUT2D eigenvalue weighted by molar-refractivity contribution is -0.136. The lowest BCUT2D eigenvalue weighted by atomic mass is 10.2. The van der Waals surface area contributed by atoms with Crippen LogP contribution in [0.5, 0.6) is 0 Å². The number of halogens is 1. The number of hydrogen-bond acceptors (Lipinski definition) is 1. The predicted molar refractivity (Wildman–Crippen MR) is 56.9 cm³/mol. The topological polar surface area (TPSA) is 53.1 Å². The van der Waals surface area contributed by atoms with E-state index in [0.29, 0.717) is 0 Å². The van der Waals surface area contributed by atoms with E-state index in [1.165, 1.54) is 0 Å². The highest BCUT2D eigenvalue weighted by Crippen LogP contribution is 2.14. The Kier molecular flexibility index (Phi) is 3.14. The van der Waals surface area contributed by atoms with Gasteiger partial charge in [-0.3, -0.25) is 4.79 Å². The molecule has 0 bridgehead atoms. The number of rotatable bonds is 2. The standard InChI is InChI=1S/C10H9NO2.ClH/c12-10(13)6-8-5-7-3-1-2-4-9(7)11-8;/h1-5,11H,6H2,(H,12,13);1H. The molecule has 74 valence electrons. The average molecular weight is 212 g/mol. The van der Waals surface area contributed by atoms with Crippen LogP contribution in [0.25, 0.3) is 10.9 Å². The fourth-order valence-electron chi connectivity index (χ4n) is 1.39. The molecule has 0 amide bonds. The van der Waals surface area contributed by atoms with Crippen molar-refractivity contribution in [1.29, 1.82) is 0 Å². The maximum atomic E-state index is 10.4. The largest absolute Gasteiger partial charge is 0.481 e. The number of carbonyl (C=O) groups is 1. The lowest BCUT2D eigenvalue weighted by Crippen LogP contribution is -1.99. The van der Waals surface area contributed by atoms with E-state index in [4.69, 9.17) is 5.11 Å². The Balaban J connectivity index is 0.000000980. The van der Waals surface area contributed by atoms with Crippen LogP contribution in [-0.4, -0.2) is 16.1 Å². The van der Waals surface area contributed by atoms with Crippen LogP contribution in [0.1, 0.15) is 5.69 Å². The van der Waals surface area contributed by atoms with Gasteiger partial charge in [0.1, 0.15) is 0 Å². The van der Waals surface area contributed by atoms with E-state index in [1.54, 1.807) is 0 Å². The van der Waals surface area contributed by atoms with E-state index in [0.717, 1.165) is 16.6 Å². The van der Waals surface area contributed by atoms with E-state index in [-0.39, 0.29) is 18.8 Å². The van der Waals surface area contributed by atoms with E-state index < -0.39 is 5.97 Å². The number of fused-ring (bicyclic) bond motifs is 1. The van der Waals surface area contributed by atoms with Crippen LogP contribution in [0, 0.1) is 0 Å². The van der Waals surface area contributed by atoms with Crippen LogP contribution in [0.2, 0.25) is 0 Å². The molecule has 1 aromatic heterocycles. The quantitative estimate of drug-likeness (QED) is 0.800. The Morgan fingerprint density at radius 1 is 1.36 bits per heavy atom. The van der Waals surface area contributed by atoms with Crippen LogP contribution in [-0.2, 0) is 11.2 Å². The minimum atomic E-state index is -0.813. The van der Waals surface area contributed by atoms with Crippen molar-refractivity contribution in [2.45, 2.75) is 6.42 Å². The second kappa shape index (κ2) is 4.15. The number of para-hydroxylation sites is 1. The molecule has 0 atom stereocenters. The molecule has 2 N–H and O–H groups in total. The number of H-pyrrole nitrogens is 1. The molecule has 0 saturated heterocycles. The zero-order valence-electron chi connectivity index (χ0n) is 7.36. The molecule has 3 nitrogen and oxygen atoms in total. The van der Waals surface area contributed by atoms with Crippen molar-refractivity contribution in [2.75, 3.05) is 0 Å². The molecule has 14 heavy (non-hydrogen) atoms. The van der Waals surface area contributed by atoms with Gasteiger partial charge in [0.05, 0.1) is 6.42 Å². The number of aliphatic carboxylic acids is 1. The van der Waals surface area contributed by atoms with Crippen LogP contribution in [0.3, 0.4) is 0 Å². The van der Waals surface area contributed by atoms with Gasteiger partial charge in [-0.1, -0.05) is 18.2 Å². The number of hydrogen-bond donors (Lipinski definition) is 2. The third kappa shape index (κ3) is 2.06. The number of benzene rings is 1. The van der Waals surface area contributed by atoms with Gasteiger partial charge < -0.3 is 10.1 Å². The van der Waals surface area contributed by atoms with Gasteiger partial charge in [-0.05, 0) is 17.5 Å². The predicted octanol–water partition coefficient (Wildman–Crippen LogP) is 2.22. The summed E-state index contributed by atoms with van der Waals surface area (Å²) in [6.07, 6.45) is 0.0503. The highest BCUT2D eigenvalue weighted by atomic mass is 35.5. The number of carboxylic acid groups (broad SMARTS) is 1. The molecular weight excluding hydrogens is 202 g/mol. The van der Waals surface area contributed by atoms with E-state index in [2.05, 4.69) is 4.98 Å². The SMILES string of the molecule is Cl.O=C(O)Cc1cc2ccccc2[nH]1. The summed E-state index contributed by atoms with van der Waals surface area (Å²) in [5, 5.41) is 9.63. The van der Waals surface area contributed by atoms with Crippen molar-refractivity contribution >= 4 is 29.3 Å². The molecule has 1 heterocycles. The summed E-state index contributed by atoms with van der Waals surface area (Å²) >= 11 is 0. The molecule has 0 aliphatic carbocycles. The first kappa shape index (κ1) is 10.6. The van der Waals surface area contributed by atoms with Gasteiger partial charge in [0.15, 0.2) is 0 Å². The molecule has 0 aliphatic rings. The molecule has 4 heteroatoms. The van der Waals surface area contributed by atoms with Gasteiger partial charge in [-0.2, -0.15) is 0 Å². The minimum absolute atomic E-state index is 0. The molecule has 0 spiro atoms. The molecule has 0 unspecified atom stereocenters. The molecule has 2 rings (SSSR count). The molecular formula is C10H10ClNO2. The van der Waals surface area contributed by atoms with Crippen LogP contribution in [0.15, 0.2) is 30.3 Å². The Bertz CT molecular complexity index is 417. The fraction of sp³-hybridized carbons (Fsp3) is 0.100. The van der Waals surface area contributed by atoms with Crippen molar-refractivity contribution in [2.24, 2.45) is 0 Å². The van der Waals surface area contributed by atoms with Crippen molar-refractivity contribution in [3.8, 4) is 0 Å². The maximum Gasteiger partial charge on any atom is 0.309 e. The summed E-state index contributed by atoms with van der Waals surface area (Å²) in [7, 11) is 0. The molecule has 1 aromatic carbocycles. The Hall–Kier alpha value is -1.48. The van der Waals surface area contributed by atoms with Crippen LogP contribution < -0.4 is 0 Å². The summed E-state index contributed by atoms with van der Waals surface area (Å²) in [6.45, 7) is 0. The number of carboxylic acids is 1. The van der Waals surface area contributed by atoms with Crippen LogP contribution in [0.4, 0.5) is 0 Å². The highest BCUT2D eigenvalue weighted by Gasteiger charge is 2.03. The van der Waals surface area contributed by atoms with Crippen LogP contribution >= 0.6 is 12.4 Å². The normalized spacial score (nSPS) is 9.71. The monoisotopic (exact) mass is 211 g/mol. The van der Waals surface area contributed by atoms with Gasteiger partial charge >= 0.3 is 5.97 Å². The van der Waals surface area contributed by atoms with E-state index >= 15 is 0 Å². The Morgan fingerprint density at radius 2 is 2.07 bits per heavy atom. The zero-order valence-corrected chi connectivity index (χ0v) is 8.17. The molecule has 0 fully saturated rings. The summed E-state index contributed by atoms with van der Waals surface area (Å²) in [5.74, 6) is -0.813. The van der Waals surface area contributed by atoms with Gasteiger partial charge in [0, 0.05) is 11.2 Å². The zero-order chi connectivity index (χ0) is 9.26. The second-order valence-electron chi connectivity index (χ2n) is 2.95. The van der Waals surface area contributed by atoms with Gasteiger partial charge in [0.2, 0.25) is 0 Å². The molecule has 0 aliphatic heterocycles. The van der Waals surface area contributed by atoms with E-state index in [9.17, 15) is 4.79 Å². The van der Waals surface area contributed by atoms with Crippen molar-refractivity contribution in [3.63, 3.8) is 0 Å². The summed E-state index contributed by atoms with van der Waals surface area (Å²) in [6, 6.07) is 9.60. The third-order valence-corrected chi connectivity index (χ3v) is 1.93. The molecule has 2 aromatic rings. The summed E-state index contributed by atoms with van der Waals surface area (Å²) in [5.41, 5.74) is 1.73. The smallest absolute Gasteiger partial charge is 0.309 e. The molecule has 0 radical (unpaired) electrons. The van der Waals surface area contributed by atoms with Crippen molar-refractivity contribution < 1.29 is 9.90 Å². The van der Waals surface area contributed by atoms with Crippen molar-refractivity contribution in [1.82, 2.24) is 4.98 Å².